The van der Waals surface area contributed by atoms with Crippen molar-refractivity contribution >= 4 is 44.6 Å². The van der Waals surface area contributed by atoms with E-state index in [1.165, 1.54) is 29.3 Å². The fourth-order valence-electron chi connectivity index (χ4n) is 5.84. The molecular weight excluding hydrogens is 662 g/mol. The number of carbonyl (C=O) groups is 1. The molecule has 1 fully saturated rings. The lowest BCUT2D eigenvalue weighted by atomic mass is 9.99. The molecule has 0 unspecified atom stereocenters. The molecule has 1 heterocycles. The molecule has 250 valence electrons. The van der Waals surface area contributed by atoms with E-state index in [-0.39, 0.29) is 10.5 Å². The maximum absolute atomic E-state index is 13.4. The summed E-state index contributed by atoms with van der Waals surface area (Å²) in [6.07, 6.45) is 0. The molecule has 2 N–H and O–H groups in total. The van der Waals surface area contributed by atoms with Gasteiger partial charge in [-0.1, -0.05) is 84.4 Å². The molecular formula is C37H34ClN5O5S. The fraction of sp³-hybridized carbons (Fsp3) is 0.162. The molecule has 6 rings (SSSR count). The van der Waals surface area contributed by atoms with Gasteiger partial charge in [0.05, 0.1) is 15.4 Å². The van der Waals surface area contributed by atoms with Crippen molar-refractivity contribution in [2.24, 2.45) is 0 Å². The fourth-order valence-corrected chi connectivity index (χ4v) is 6.97. The Hall–Kier alpha value is -5.23. The van der Waals surface area contributed by atoms with Gasteiger partial charge in [-0.2, -0.15) is 0 Å². The third-order valence-electron chi connectivity index (χ3n) is 8.44. The van der Waals surface area contributed by atoms with Gasteiger partial charge in [0, 0.05) is 67.8 Å². The summed E-state index contributed by atoms with van der Waals surface area (Å²) in [7, 11) is -4.39. The van der Waals surface area contributed by atoms with Gasteiger partial charge < -0.3 is 10.2 Å². The highest BCUT2D eigenvalue weighted by atomic mass is 35.5. The maximum atomic E-state index is 13.4. The molecule has 1 saturated heterocycles. The number of rotatable bonds is 11. The Bertz CT molecular complexity index is 2070. The molecule has 1 amide bonds. The summed E-state index contributed by atoms with van der Waals surface area (Å²) in [5, 5.41) is 15.2. The van der Waals surface area contributed by atoms with E-state index in [1.54, 1.807) is 6.07 Å². The number of amides is 1. The van der Waals surface area contributed by atoms with Crippen LogP contribution in [0.15, 0.2) is 126 Å². The number of carbonyl (C=O) groups excluding carboxylic acids is 1. The topological polar surface area (TPSA) is 125 Å². The van der Waals surface area contributed by atoms with Crippen molar-refractivity contribution in [3.63, 3.8) is 0 Å². The van der Waals surface area contributed by atoms with E-state index in [1.807, 2.05) is 72.8 Å². The Morgan fingerprint density at radius 3 is 2.27 bits per heavy atom. The van der Waals surface area contributed by atoms with Crippen LogP contribution >= 0.6 is 11.6 Å². The number of piperazine rings is 1. The zero-order valence-electron chi connectivity index (χ0n) is 26.5. The molecule has 5 aromatic carbocycles. The van der Waals surface area contributed by atoms with Crippen LogP contribution in [0.4, 0.5) is 17.1 Å². The molecule has 0 atom stereocenters. The summed E-state index contributed by atoms with van der Waals surface area (Å²) in [6.45, 7) is 4.37. The molecule has 49 heavy (non-hydrogen) atoms. The Morgan fingerprint density at radius 1 is 0.816 bits per heavy atom. The highest BCUT2D eigenvalue weighted by Gasteiger charge is 2.24. The third-order valence-corrected chi connectivity index (χ3v) is 10.0. The van der Waals surface area contributed by atoms with Crippen molar-refractivity contribution in [2.45, 2.75) is 18.0 Å². The smallest absolute Gasteiger partial charge is 0.270 e. The van der Waals surface area contributed by atoms with E-state index in [0.29, 0.717) is 17.3 Å². The summed E-state index contributed by atoms with van der Waals surface area (Å²) in [5.41, 5.74) is 5.62. The standard InChI is InChI=1S/C37H34ClN5O5S/c38-30-15-13-28(14-16-30)34-12-5-4-9-29(34)26-41-19-21-42(22-20-41)31-17-18-35(36(24-31)39-25-27-7-2-1-3-8-27)37(44)40-49(47,48)33-11-6-10-32(23-33)43(45)46/h1-18,23-24,39H,19-22,25-26H2,(H,40,44). The van der Waals surface area contributed by atoms with Crippen LogP contribution in [-0.4, -0.2) is 50.3 Å². The van der Waals surface area contributed by atoms with Gasteiger partial charge in [-0.05, 0) is 58.7 Å². The number of nitro groups is 1. The van der Waals surface area contributed by atoms with Crippen molar-refractivity contribution < 1.29 is 18.1 Å². The minimum absolute atomic E-state index is 0.131. The summed E-state index contributed by atoms with van der Waals surface area (Å²) in [6, 6.07) is 35.8. The number of nitrogens with one attached hydrogen (secondary N) is 2. The van der Waals surface area contributed by atoms with E-state index in [4.69, 9.17) is 11.6 Å². The number of nitro benzene ring substituents is 1. The lowest BCUT2D eigenvalue weighted by Crippen LogP contribution is -2.46. The SMILES string of the molecule is O=C(NS(=O)(=O)c1cccc([N+](=O)[O-])c1)c1ccc(N2CCN(Cc3ccccc3-c3ccc(Cl)cc3)CC2)cc1NCc1ccccc1. The van der Waals surface area contributed by atoms with Gasteiger partial charge in [0.2, 0.25) is 0 Å². The predicted molar refractivity (Wildman–Crippen MR) is 192 cm³/mol. The minimum atomic E-state index is -4.39. The van der Waals surface area contributed by atoms with Crippen LogP contribution in [0, 0.1) is 10.1 Å². The molecule has 0 bridgehead atoms. The van der Waals surface area contributed by atoms with Gasteiger partial charge in [0.1, 0.15) is 0 Å². The zero-order chi connectivity index (χ0) is 34.4. The predicted octanol–water partition coefficient (Wildman–Crippen LogP) is 6.97. The van der Waals surface area contributed by atoms with E-state index in [0.717, 1.165) is 55.6 Å². The molecule has 1 aliphatic rings. The molecule has 5 aromatic rings. The average Bonchev–Trinajstić information content (AvgIpc) is 3.12. The summed E-state index contributed by atoms with van der Waals surface area (Å²) in [5.74, 6) is -0.849. The molecule has 0 spiro atoms. The van der Waals surface area contributed by atoms with Crippen LogP contribution in [0.5, 0.6) is 0 Å². The molecule has 0 saturated carbocycles. The highest BCUT2D eigenvalue weighted by molar-refractivity contribution is 7.90. The highest BCUT2D eigenvalue weighted by Crippen LogP contribution is 2.29. The quantitative estimate of drug-likeness (QED) is 0.112. The van der Waals surface area contributed by atoms with Crippen molar-refractivity contribution in [1.82, 2.24) is 9.62 Å². The van der Waals surface area contributed by atoms with E-state index in [2.05, 4.69) is 38.0 Å². The maximum Gasteiger partial charge on any atom is 0.270 e. The van der Waals surface area contributed by atoms with Gasteiger partial charge in [0.25, 0.3) is 21.6 Å². The monoisotopic (exact) mass is 695 g/mol. The molecule has 0 aliphatic carbocycles. The number of non-ortho nitro benzene ring substituents is 1. The number of hydrogen-bond donors (Lipinski definition) is 2. The zero-order valence-corrected chi connectivity index (χ0v) is 28.0. The van der Waals surface area contributed by atoms with Crippen LogP contribution < -0.4 is 14.9 Å². The normalized spacial score (nSPS) is 13.5. The second kappa shape index (κ2) is 14.9. The number of sulfonamides is 1. The lowest BCUT2D eigenvalue weighted by molar-refractivity contribution is -0.385. The first kappa shape index (κ1) is 33.7. The number of benzene rings is 5. The summed E-state index contributed by atoms with van der Waals surface area (Å²) < 4.78 is 28.2. The van der Waals surface area contributed by atoms with Crippen LogP contribution in [0.3, 0.4) is 0 Å². The largest absolute Gasteiger partial charge is 0.380 e. The first-order chi connectivity index (χ1) is 23.7. The summed E-state index contributed by atoms with van der Waals surface area (Å²) in [4.78, 5) is 28.2. The van der Waals surface area contributed by atoms with Gasteiger partial charge in [0.15, 0.2) is 0 Å². The summed E-state index contributed by atoms with van der Waals surface area (Å²) >= 11 is 6.12. The first-order valence-corrected chi connectivity index (χ1v) is 17.6. The minimum Gasteiger partial charge on any atom is -0.380 e. The van der Waals surface area contributed by atoms with Gasteiger partial charge >= 0.3 is 0 Å². The Kier molecular flexibility index (Phi) is 10.2. The second-order valence-electron chi connectivity index (χ2n) is 11.7. The van der Waals surface area contributed by atoms with Crippen LogP contribution in [-0.2, 0) is 23.1 Å². The van der Waals surface area contributed by atoms with Crippen LogP contribution in [0.25, 0.3) is 11.1 Å². The van der Waals surface area contributed by atoms with Crippen LogP contribution in [0.1, 0.15) is 21.5 Å². The van der Waals surface area contributed by atoms with Gasteiger partial charge in [-0.25, -0.2) is 13.1 Å². The Balaban J connectivity index is 1.18. The molecule has 1 aliphatic heterocycles. The van der Waals surface area contributed by atoms with E-state index >= 15 is 0 Å². The first-order valence-electron chi connectivity index (χ1n) is 15.7. The van der Waals surface area contributed by atoms with Crippen molar-refractivity contribution in [3.8, 4) is 11.1 Å². The number of halogens is 1. The van der Waals surface area contributed by atoms with Gasteiger partial charge in [-0.3, -0.25) is 19.8 Å². The van der Waals surface area contributed by atoms with E-state index < -0.39 is 26.5 Å². The van der Waals surface area contributed by atoms with E-state index in [9.17, 15) is 23.3 Å². The Morgan fingerprint density at radius 2 is 1.53 bits per heavy atom. The van der Waals surface area contributed by atoms with Crippen molar-refractivity contribution in [2.75, 3.05) is 36.4 Å². The lowest BCUT2D eigenvalue weighted by Gasteiger charge is -2.36. The second-order valence-corrected chi connectivity index (χ2v) is 13.8. The van der Waals surface area contributed by atoms with Gasteiger partial charge in [-0.15, -0.1) is 0 Å². The third kappa shape index (κ3) is 8.26. The Labute approximate surface area is 290 Å². The van der Waals surface area contributed by atoms with Crippen molar-refractivity contribution in [3.05, 3.63) is 153 Å². The number of nitrogens with zero attached hydrogens (tertiary/aromatic N) is 3. The number of anilines is 2. The average molecular weight is 696 g/mol. The molecule has 12 heteroatoms. The molecule has 0 aromatic heterocycles. The van der Waals surface area contributed by atoms with Crippen LogP contribution in [0.2, 0.25) is 5.02 Å². The molecule has 10 nitrogen and oxygen atoms in total. The van der Waals surface area contributed by atoms with Crippen molar-refractivity contribution in [1.29, 1.82) is 0 Å². The number of hydrogen-bond acceptors (Lipinski definition) is 8. The molecule has 0 radical (unpaired) electrons.